The van der Waals surface area contributed by atoms with Gasteiger partial charge in [-0.1, -0.05) is 12.1 Å². The Morgan fingerprint density at radius 2 is 1.96 bits per heavy atom. The molecule has 1 aliphatic rings. The van der Waals surface area contributed by atoms with Crippen LogP contribution in [-0.4, -0.2) is 31.7 Å². The van der Waals surface area contributed by atoms with E-state index in [-0.39, 0.29) is 6.10 Å². The Labute approximate surface area is 138 Å². The van der Waals surface area contributed by atoms with Crippen LogP contribution in [0.4, 0.5) is 18.9 Å². The molecule has 1 unspecified atom stereocenters. The quantitative estimate of drug-likeness (QED) is 0.900. The molecule has 1 atom stereocenters. The van der Waals surface area contributed by atoms with Crippen molar-refractivity contribution in [1.82, 2.24) is 10.3 Å². The second kappa shape index (κ2) is 6.78. The van der Waals surface area contributed by atoms with E-state index in [1.54, 1.807) is 7.05 Å². The average molecular weight is 337 g/mol. The number of benzene rings is 1. The SMILES string of the molecule is CNc1cc(-c2ccc(C(F)(F)F)cc2)nc(C2CNCCO2)c1. The zero-order valence-electron chi connectivity index (χ0n) is 13.2. The van der Waals surface area contributed by atoms with E-state index in [0.29, 0.717) is 24.4 Å². The molecule has 0 amide bonds. The Morgan fingerprint density at radius 1 is 1.21 bits per heavy atom. The van der Waals surface area contributed by atoms with Crippen molar-refractivity contribution in [2.24, 2.45) is 0 Å². The van der Waals surface area contributed by atoms with Crippen LogP contribution in [0.5, 0.6) is 0 Å². The largest absolute Gasteiger partial charge is 0.416 e. The van der Waals surface area contributed by atoms with Crippen molar-refractivity contribution in [3.8, 4) is 11.3 Å². The maximum atomic E-state index is 12.7. The molecule has 24 heavy (non-hydrogen) atoms. The lowest BCUT2D eigenvalue weighted by Gasteiger charge is -2.24. The predicted octanol–water partition coefficient (Wildman–Crippen LogP) is 3.47. The molecule has 1 aliphatic heterocycles. The van der Waals surface area contributed by atoms with Crippen molar-refractivity contribution in [2.45, 2.75) is 12.3 Å². The second-order valence-electron chi connectivity index (χ2n) is 5.55. The molecular formula is C17H18F3N3O. The Hall–Kier alpha value is -2.12. The molecule has 0 spiro atoms. The number of alkyl halides is 3. The summed E-state index contributed by atoms with van der Waals surface area (Å²) in [7, 11) is 1.79. The third kappa shape index (κ3) is 3.68. The molecule has 1 aromatic carbocycles. The van der Waals surface area contributed by atoms with Crippen LogP contribution in [0.15, 0.2) is 36.4 Å². The van der Waals surface area contributed by atoms with E-state index in [9.17, 15) is 13.2 Å². The lowest BCUT2D eigenvalue weighted by molar-refractivity contribution is -0.137. The average Bonchev–Trinajstić information content (AvgIpc) is 2.61. The van der Waals surface area contributed by atoms with E-state index >= 15 is 0 Å². The molecule has 2 N–H and O–H groups in total. The first-order valence-electron chi connectivity index (χ1n) is 7.67. The van der Waals surface area contributed by atoms with Crippen LogP contribution in [0, 0.1) is 0 Å². The highest BCUT2D eigenvalue weighted by Gasteiger charge is 2.30. The lowest BCUT2D eigenvalue weighted by atomic mass is 10.1. The summed E-state index contributed by atoms with van der Waals surface area (Å²) in [6, 6.07) is 8.72. The predicted molar refractivity (Wildman–Crippen MR) is 85.8 cm³/mol. The lowest BCUT2D eigenvalue weighted by Crippen LogP contribution is -2.33. The molecule has 0 aliphatic carbocycles. The van der Waals surface area contributed by atoms with Crippen LogP contribution in [0.3, 0.4) is 0 Å². The summed E-state index contributed by atoms with van der Waals surface area (Å²) in [5, 5.41) is 6.30. The number of anilines is 1. The number of hydrogen-bond donors (Lipinski definition) is 2. The highest BCUT2D eigenvalue weighted by Crippen LogP contribution is 2.32. The van der Waals surface area contributed by atoms with E-state index < -0.39 is 11.7 Å². The number of nitrogens with one attached hydrogen (secondary N) is 2. The Balaban J connectivity index is 1.94. The van der Waals surface area contributed by atoms with Gasteiger partial charge in [-0.05, 0) is 24.3 Å². The monoisotopic (exact) mass is 337 g/mol. The van der Waals surface area contributed by atoms with Gasteiger partial charge in [0.05, 0.1) is 23.6 Å². The van der Waals surface area contributed by atoms with Crippen molar-refractivity contribution >= 4 is 5.69 Å². The Bertz CT molecular complexity index is 695. The van der Waals surface area contributed by atoms with E-state index in [0.717, 1.165) is 30.1 Å². The molecule has 4 nitrogen and oxygen atoms in total. The van der Waals surface area contributed by atoms with E-state index in [1.807, 2.05) is 12.1 Å². The molecule has 3 rings (SSSR count). The summed E-state index contributed by atoms with van der Waals surface area (Å²) in [4.78, 5) is 4.58. The van der Waals surface area contributed by atoms with Crippen LogP contribution in [0.25, 0.3) is 11.3 Å². The van der Waals surface area contributed by atoms with Crippen molar-refractivity contribution in [2.75, 3.05) is 32.1 Å². The smallest absolute Gasteiger partial charge is 0.388 e. The van der Waals surface area contributed by atoms with Gasteiger partial charge in [0.15, 0.2) is 0 Å². The third-order valence-electron chi connectivity index (χ3n) is 3.90. The minimum atomic E-state index is -4.34. The Kier molecular flexibility index (Phi) is 4.73. The molecule has 1 fully saturated rings. The molecule has 1 aromatic heterocycles. The number of hydrogen-bond acceptors (Lipinski definition) is 4. The molecule has 2 aromatic rings. The van der Waals surface area contributed by atoms with Crippen LogP contribution in [0.1, 0.15) is 17.4 Å². The number of nitrogens with zero attached hydrogens (tertiary/aromatic N) is 1. The fourth-order valence-electron chi connectivity index (χ4n) is 2.59. The van der Waals surface area contributed by atoms with Crippen molar-refractivity contribution in [3.05, 3.63) is 47.7 Å². The standard InChI is InChI=1S/C17H18F3N3O/c1-21-13-8-14(11-2-4-12(5-3-11)17(18,19)20)23-15(9-13)16-10-22-6-7-24-16/h2-5,8-9,16,22H,6-7,10H2,1H3,(H,21,23). The molecule has 7 heteroatoms. The molecule has 128 valence electrons. The van der Waals surface area contributed by atoms with Crippen molar-refractivity contribution in [1.29, 1.82) is 0 Å². The van der Waals surface area contributed by atoms with Crippen LogP contribution < -0.4 is 10.6 Å². The number of halogens is 3. The summed E-state index contributed by atoms with van der Waals surface area (Å²) in [6.07, 6.45) is -4.51. The topological polar surface area (TPSA) is 46.2 Å². The van der Waals surface area contributed by atoms with Gasteiger partial charge in [-0.2, -0.15) is 13.2 Å². The summed E-state index contributed by atoms with van der Waals surface area (Å²) in [5.74, 6) is 0. The number of rotatable bonds is 3. The summed E-state index contributed by atoms with van der Waals surface area (Å²) >= 11 is 0. The number of aromatic nitrogens is 1. The fourth-order valence-corrected chi connectivity index (χ4v) is 2.59. The first kappa shape index (κ1) is 16.7. The number of pyridine rings is 1. The molecule has 0 saturated carbocycles. The molecule has 2 heterocycles. The van der Waals surface area contributed by atoms with E-state index in [4.69, 9.17) is 4.74 Å². The van der Waals surface area contributed by atoms with Gasteiger partial charge in [-0.25, -0.2) is 4.98 Å². The number of morpholine rings is 1. The maximum absolute atomic E-state index is 12.7. The van der Waals surface area contributed by atoms with Gasteiger partial charge in [0.25, 0.3) is 0 Å². The fraction of sp³-hybridized carbons (Fsp3) is 0.353. The highest BCUT2D eigenvalue weighted by atomic mass is 19.4. The summed E-state index contributed by atoms with van der Waals surface area (Å²) in [5.41, 5.74) is 2.16. The van der Waals surface area contributed by atoms with Gasteiger partial charge in [0.2, 0.25) is 0 Å². The van der Waals surface area contributed by atoms with E-state index in [2.05, 4.69) is 15.6 Å². The molecule has 1 saturated heterocycles. The highest BCUT2D eigenvalue weighted by molar-refractivity contribution is 5.65. The second-order valence-corrected chi connectivity index (χ2v) is 5.55. The zero-order valence-corrected chi connectivity index (χ0v) is 13.2. The van der Waals surface area contributed by atoms with Gasteiger partial charge >= 0.3 is 6.18 Å². The van der Waals surface area contributed by atoms with Crippen LogP contribution >= 0.6 is 0 Å². The van der Waals surface area contributed by atoms with Crippen molar-refractivity contribution in [3.63, 3.8) is 0 Å². The van der Waals surface area contributed by atoms with Crippen molar-refractivity contribution < 1.29 is 17.9 Å². The van der Waals surface area contributed by atoms with E-state index in [1.165, 1.54) is 12.1 Å². The van der Waals surface area contributed by atoms with Gasteiger partial charge in [-0.15, -0.1) is 0 Å². The molecule has 0 radical (unpaired) electrons. The normalized spacial score (nSPS) is 18.4. The van der Waals surface area contributed by atoms with Gasteiger partial charge < -0.3 is 15.4 Å². The maximum Gasteiger partial charge on any atom is 0.416 e. The first-order chi connectivity index (χ1) is 11.5. The van der Waals surface area contributed by atoms with Gasteiger partial charge in [0, 0.05) is 31.4 Å². The minimum Gasteiger partial charge on any atom is -0.388 e. The third-order valence-corrected chi connectivity index (χ3v) is 3.90. The summed E-state index contributed by atoms with van der Waals surface area (Å²) < 4.78 is 43.8. The zero-order chi connectivity index (χ0) is 17.2. The van der Waals surface area contributed by atoms with Crippen LogP contribution in [0.2, 0.25) is 0 Å². The minimum absolute atomic E-state index is 0.166. The number of ether oxygens (including phenoxy) is 1. The summed E-state index contributed by atoms with van der Waals surface area (Å²) in [6.45, 7) is 2.06. The molecule has 0 bridgehead atoms. The van der Waals surface area contributed by atoms with Gasteiger partial charge in [-0.3, -0.25) is 0 Å². The first-order valence-corrected chi connectivity index (χ1v) is 7.67. The van der Waals surface area contributed by atoms with Crippen LogP contribution in [-0.2, 0) is 10.9 Å². The van der Waals surface area contributed by atoms with Gasteiger partial charge in [0.1, 0.15) is 6.10 Å². The molecular weight excluding hydrogens is 319 g/mol. The Morgan fingerprint density at radius 3 is 2.54 bits per heavy atom.